The summed E-state index contributed by atoms with van der Waals surface area (Å²) in [4.78, 5) is 21.4. The summed E-state index contributed by atoms with van der Waals surface area (Å²) in [5.74, 6) is 3.51. The molecule has 29 aromatic rings. The predicted octanol–water partition coefficient (Wildman–Crippen LogP) is 24.5. The maximum Gasteiger partial charge on any atom is 0.220 e. The molecule has 20 aromatic carbocycles. The first-order chi connectivity index (χ1) is 69.0. The van der Waals surface area contributed by atoms with Gasteiger partial charge in [0.2, 0.25) is 23.1 Å². The van der Waals surface area contributed by atoms with E-state index in [4.69, 9.17) is 19.9 Å². The van der Waals surface area contributed by atoms with E-state index in [-0.39, 0.29) is 0 Å². The van der Waals surface area contributed by atoms with Crippen molar-refractivity contribution >= 4 is 201 Å². The topological polar surface area (TPSA) is 88.9 Å². The number of hydrogen-bond donors (Lipinski definition) is 0. The number of imidazole rings is 8. The Morgan fingerprint density at radius 1 is 0.180 bits per heavy atom. The lowest BCUT2D eigenvalue weighted by molar-refractivity contribution is 1.11. The first-order valence-corrected chi connectivity index (χ1v) is 52.1. The third-order valence-corrected chi connectivity index (χ3v) is 39.9. The summed E-state index contributed by atoms with van der Waals surface area (Å²) >= 11 is 1.92. The van der Waals surface area contributed by atoms with Crippen LogP contribution in [0.4, 0.5) is 0 Å². The minimum absolute atomic E-state index is 0.858. The predicted molar refractivity (Wildman–Crippen MR) is 582 cm³/mol. The van der Waals surface area contributed by atoms with Crippen molar-refractivity contribution < 1.29 is 0 Å². The van der Waals surface area contributed by atoms with Crippen molar-refractivity contribution in [2.45, 2.75) is 0 Å². The quantitative estimate of drug-likeness (QED) is 0.0756. The molecule has 139 heavy (non-hydrogen) atoms. The van der Waals surface area contributed by atoms with Crippen LogP contribution < -0.4 is 41.5 Å². The summed E-state index contributed by atoms with van der Waals surface area (Å²) in [5.41, 5.74) is 28.2. The van der Waals surface area contributed by atoms with Gasteiger partial charge in [-0.1, -0.05) is 370 Å². The zero-order valence-corrected chi connectivity index (χ0v) is 77.9. The summed E-state index contributed by atoms with van der Waals surface area (Å²) in [5, 5.41) is 13.2. The van der Waals surface area contributed by atoms with Crippen molar-refractivity contribution in [3.05, 3.63) is 497 Å². The summed E-state index contributed by atoms with van der Waals surface area (Å²) in [6.45, 7) is 0. The standard InChI is InChI=1S/C62H40N6SSi.C62H42N6Si/c1-3-20-42(21-4-1)70(43-22-5-2-6-23-43,59-37-19-27-47-45-25-8-17-35-57(45)69-60(47)59)58-36-18-9-26-46(58)44-24-7-11-29-50(44)66-54-33-15-16-34-55(54)68-56-40-41(38-39-49(56)64-62(66)68)65-52-31-13-14-32-53(52)67-51-30-12-10-28-48(51)63-61(65)67;1-3-23-43(24-4-1)69(44-25-5-2-6-26-44,59-41-21-9-29-47(59)45-27-7-13-33-51(45)65-55-37-17-19-39-57(55)67-53-35-15-11-31-49(53)63-61(65)67)60-42-22-10-30-48(60)46-28-8-14-34-52(46)66-56-38-18-20-40-58(56)68-54-36-16-12-32-50(54)64-62(66)68/h1-40H;1-42H. The minimum atomic E-state index is -3.30. The van der Waals surface area contributed by atoms with Crippen molar-refractivity contribution in [3.63, 3.8) is 0 Å². The molecule has 0 radical (unpaired) electrons. The summed E-state index contributed by atoms with van der Waals surface area (Å²) in [6.07, 6.45) is 0. The Hall–Kier alpha value is -17.9. The molecule has 0 aliphatic heterocycles. The van der Waals surface area contributed by atoms with E-state index in [1.807, 2.05) is 11.3 Å². The fourth-order valence-corrected chi connectivity index (χ4v) is 35.0. The fourth-order valence-electron chi connectivity index (χ4n) is 23.0. The second-order valence-corrected chi connectivity index (χ2v) is 44.4. The lowest BCUT2D eigenvalue weighted by atomic mass is 10.0. The average molecular weight is 1830 g/mol. The van der Waals surface area contributed by atoms with Crippen LogP contribution >= 0.6 is 11.3 Å². The van der Waals surface area contributed by atoms with Gasteiger partial charge in [0.1, 0.15) is 0 Å². The molecule has 0 aliphatic carbocycles. The molecule has 652 valence electrons. The molecule has 0 saturated carbocycles. The molecule has 0 spiro atoms. The SMILES string of the molecule is c1ccc([Si](c2ccccc2)(c2ccccc2-c2ccccc2-n2c3ccccc3n3c4cc(-n5c6ccccc6n6c7ccccc7nc56)ccc4nc23)c2cccc3c2sc2ccccc23)cc1.c1ccc([Si](c2ccccc2)(c2ccccc2-c2ccccc2-n2c3ccccc3n3c4ccccc4nc23)c2ccccc2-c2ccccc2-n2c3ccccc3n3c4ccccc4nc23)cc1. The third kappa shape index (κ3) is 11.9. The van der Waals surface area contributed by atoms with Crippen LogP contribution in [0.1, 0.15) is 0 Å². The zero-order valence-electron chi connectivity index (χ0n) is 75.1. The largest absolute Gasteiger partial charge is 0.278 e. The van der Waals surface area contributed by atoms with E-state index >= 15 is 0 Å². The second-order valence-electron chi connectivity index (χ2n) is 35.9. The monoisotopic (exact) mass is 1830 g/mol. The van der Waals surface area contributed by atoms with Gasteiger partial charge in [0.25, 0.3) is 0 Å². The van der Waals surface area contributed by atoms with Crippen LogP contribution in [-0.2, 0) is 0 Å². The first-order valence-electron chi connectivity index (χ1n) is 47.3. The number of thiophene rings is 1. The summed E-state index contributed by atoms with van der Waals surface area (Å²) in [7, 11) is -6.41. The Balaban J connectivity index is 0.000000137. The summed E-state index contributed by atoms with van der Waals surface area (Å²) < 4.78 is 21.3. The minimum Gasteiger partial charge on any atom is -0.278 e. The molecule has 0 bridgehead atoms. The lowest BCUT2D eigenvalue weighted by Gasteiger charge is -2.37. The van der Waals surface area contributed by atoms with Crippen molar-refractivity contribution in [3.8, 4) is 56.1 Å². The molecule has 0 fully saturated rings. The molecule has 0 N–H and O–H groups in total. The van der Waals surface area contributed by atoms with E-state index in [1.165, 1.54) is 78.4 Å². The Bertz CT molecular complexity index is 9650. The molecule has 29 rings (SSSR count). The second kappa shape index (κ2) is 31.9. The van der Waals surface area contributed by atoms with E-state index in [1.54, 1.807) is 0 Å². The molecule has 0 unspecified atom stereocenters. The van der Waals surface area contributed by atoms with Gasteiger partial charge < -0.3 is 0 Å². The molecule has 0 aliphatic rings. The van der Waals surface area contributed by atoms with Crippen molar-refractivity contribution in [2.75, 3.05) is 0 Å². The molecule has 12 nitrogen and oxygen atoms in total. The fraction of sp³-hybridized carbons (Fsp3) is 0. The van der Waals surface area contributed by atoms with E-state index in [0.717, 1.165) is 151 Å². The van der Waals surface area contributed by atoms with E-state index < -0.39 is 16.1 Å². The molecule has 0 saturated heterocycles. The molecule has 9 aromatic heterocycles. The van der Waals surface area contributed by atoms with E-state index in [2.05, 4.69) is 533 Å². The Labute approximate surface area is 803 Å². The van der Waals surface area contributed by atoms with Crippen LogP contribution in [0.5, 0.6) is 0 Å². The van der Waals surface area contributed by atoms with Crippen molar-refractivity contribution in [2.24, 2.45) is 0 Å². The van der Waals surface area contributed by atoms with Gasteiger partial charge in [-0.15, -0.1) is 11.3 Å². The molecule has 15 heteroatoms. The maximum atomic E-state index is 5.52. The Kier molecular flexibility index (Phi) is 18.3. The number of fused-ring (bicyclic) bond motifs is 23. The van der Waals surface area contributed by atoms with Crippen LogP contribution in [0, 0.1) is 0 Å². The molecule has 0 amide bonds. The highest BCUT2D eigenvalue weighted by Gasteiger charge is 2.47. The normalized spacial score (nSPS) is 12.2. The third-order valence-electron chi connectivity index (χ3n) is 28.7. The number of benzene rings is 20. The maximum absolute atomic E-state index is 5.52. The van der Waals surface area contributed by atoms with Gasteiger partial charge in [0, 0.05) is 36.9 Å². The van der Waals surface area contributed by atoms with Crippen molar-refractivity contribution in [1.82, 2.24) is 55.8 Å². The Morgan fingerprint density at radius 2 is 0.446 bits per heavy atom. The van der Waals surface area contributed by atoms with E-state index in [0.29, 0.717) is 0 Å². The number of nitrogens with zero attached hydrogens (tertiary/aromatic N) is 12. The molecular weight excluding hydrogens is 1750 g/mol. The van der Waals surface area contributed by atoms with Gasteiger partial charge in [-0.2, -0.15) is 0 Å². The number of hydrogen-bond acceptors (Lipinski definition) is 5. The van der Waals surface area contributed by atoms with Crippen LogP contribution in [0.2, 0.25) is 0 Å². The first kappa shape index (κ1) is 79.7. The van der Waals surface area contributed by atoms with Gasteiger partial charge in [0.05, 0.1) is 111 Å². The number of para-hydroxylation sites is 17. The number of rotatable bonds is 15. The van der Waals surface area contributed by atoms with Crippen LogP contribution in [0.15, 0.2) is 497 Å². The van der Waals surface area contributed by atoms with Gasteiger partial charge >= 0.3 is 0 Å². The average Bonchev–Trinajstić information content (AvgIpc) is 1.65. The van der Waals surface area contributed by atoms with Crippen LogP contribution in [-0.4, -0.2) is 72.0 Å². The van der Waals surface area contributed by atoms with Gasteiger partial charge in [-0.05, 0) is 186 Å². The zero-order chi connectivity index (χ0) is 91.4. The van der Waals surface area contributed by atoms with Gasteiger partial charge in [0.15, 0.2) is 16.1 Å². The van der Waals surface area contributed by atoms with Crippen molar-refractivity contribution in [1.29, 1.82) is 0 Å². The highest BCUT2D eigenvalue weighted by atomic mass is 32.1. The summed E-state index contributed by atoms with van der Waals surface area (Å²) in [6, 6.07) is 182. The van der Waals surface area contributed by atoms with Crippen LogP contribution in [0.25, 0.3) is 188 Å². The smallest absolute Gasteiger partial charge is 0.220 e. The van der Waals surface area contributed by atoms with Gasteiger partial charge in [-0.25, -0.2) is 19.9 Å². The molecule has 0 atom stereocenters. The van der Waals surface area contributed by atoms with E-state index in [9.17, 15) is 0 Å². The Morgan fingerprint density at radius 3 is 0.835 bits per heavy atom. The highest BCUT2D eigenvalue weighted by molar-refractivity contribution is 7.31. The lowest BCUT2D eigenvalue weighted by Crippen LogP contribution is -2.75. The number of aromatic nitrogens is 12. The molecular formula is C124H82N12SSi2. The van der Waals surface area contributed by atoms with Crippen LogP contribution in [0.3, 0.4) is 0 Å². The van der Waals surface area contributed by atoms with Gasteiger partial charge in [-0.3, -0.25) is 35.9 Å². The molecule has 9 heterocycles. The highest BCUT2D eigenvalue weighted by Crippen LogP contribution is 2.43.